The lowest BCUT2D eigenvalue weighted by Crippen LogP contribution is -2.45. The minimum Gasteiger partial charge on any atom is -0.446 e. The molecule has 10 amide bonds. The number of amides is 10. The number of carbonyl (C=O) groups excluding carboxylic acids is 10. The summed E-state index contributed by atoms with van der Waals surface area (Å²) in [6.07, 6.45) is 0.868. The molecule has 6 aromatic rings. The van der Waals surface area contributed by atoms with Gasteiger partial charge in [0.1, 0.15) is 18.1 Å². The lowest BCUT2D eigenvalue weighted by atomic mass is 9.89. The number of Topliss-reactive ketones (excluding diaryl/α,β-unsaturated/α-hetero) is 1. The van der Waals surface area contributed by atoms with Crippen molar-refractivity contribution in [3.8, 4) is 11.5 Å². The monoisotopic (exact) mass is 1680 g/mol. The predicted molar refractivity (Wildman–Crippen MR) is 430 cm³/mol. The third-order valence-corrected chi connectivity index (χ3v) is 21.6. The first kappa shape index (κ1) is 90.0. The Morgan fingerprint density at radius 1 is 0.670 bits per heavy atom. The zero-order valence-corrected chi connectivity index (χ0v) is 68.1. The fraction of sp³-hybridized carbons (Fsp3) is 0.494. The number of fused-ring (bicyclic) bond motifs is 6. The van der Waals surface area contributed by atoms with Crippen LogP contribution in [0.3, 0.4) is 0 Å². The summed E-state index contributed by atoms with van der Waals surface area (Å²) >= 11 is 14.5. The number of hydrogen-bond acceptors (Lipinski definition) is 22. The number of likely N-dealkylation sites (tertiary alicyclic amines) is 1. The summed E-state index contributed by atoms with van der Waals surface area (Å²) in [5.74, 6) is -5.01. The normalized spacial score (nSPS) is 15.7. The number of urea groups is 1. The third-order valence-electron chi connectivity index (χ3n) is 19.5. The van der Waals surface area contributed by atoms with Gasteiger partial charge in [0, 0.05) is 123 Å². The van der Waals surface area contributed by atoms with Crippen LogP contribution in [0.4, 0.5) is 31.4 Å². The maximum Gasteiger partial charge on any atom is 0.524 e. The highest BCUT2D eigenvalue weighted by atomic mass is 35.5. The minimum atomic E-state index is -5.04. The molecule has 0 bridgehead atoms. The van der Waals surface area contributed by atoms with E-state index in [0.29, 0.717) is 109 Å². The van der Waals surface area contributed by atoms with Crippen LogP contribution in [-0.2, 0) is 68.3 Å². The van der Waals surface area contributed by atoms with Crippen molar-refractivity contribution < 1.29 is 109 Å². The topological polar surface area (TPSA) is 403 Å². The number of alkyl halides is 2. The van der Waals surface area contributed by atoms with Gasteiger partial charge in [0.05, 0.1) is 108 Å². The number of halogens is 2. The molecular weight excluding hydrogens is 1580 g/mol. The summed E-state index contributed by atoms with van der Waals surface area (Å²) in [7, 11) is -5.04. The number of benzene rings is 5. The molecule has 115 heavy (non-hydrogen) atoms. The molecule has 3 aliphatic rings. The van der Waals surface area contributed by atoms with Crippen LogP contribution in [0.5, 0.6) is 11.5 Å². The van der Waals surface area contributed by atoms with Crippen molar-refractivity contribution in [3.63, 3.8) is 0 Å². The van der Waals surface area contributed by atoms with Gasteiger partial charge in [-0.15, -0.1) is 23.2 Å². The highest BCUT2D eigenvalue weighted by molar-refractivity contribution is 8.00. The van der Waals surface area contributed by atoms with Crippen molar-refractivity contribution in [2.45, 2.75) is 89.5 Å². The number of furan rings is 1. The molecule has 9 rings (SSSR count). The second-order valence-corrected chi connectivity index (χ2v) is 30.4. The van der Waals surface area contributed by atoms with Gasteiger partial charge in [-0.2, -0.15) is 11.8 Å². The Hall–Kier alpha value is -8.96. The van der Waals surface area contributed by atoms with Crippen molar-refractivity contribution in [1.29, 1.82) is 0 Å². The molecule has 5 atom stereocenters. The summed E-state index contributed by atoms with van der Waals surface area (Å²) in [5, 5.41) is 10.1. The number of rotatable bonds is 47. The highest BCUT2D eigenvalue weighted by Crippen LogP contribution is 2.50. The number of hydrogen-bond donors (Lipinski definition) is 6. The van der Waals surface area contributed by atoms with Gasteiger partial charge in [-0.05, 0) is 90.6 Å². The van der Waals surface area contributed by atoms with Crippen LogP contribution in [-0.4, -0.2) is 245 Å². The largest absolute Gasteiger partial charge is 0.524 e. The Kier molecular flexibility index (Phi) is 34.7. The fourth-order valence-corrected chi connectivity index (χ4v) is 15.2. The number of nitrogens with two attached hydrogens (primary N) is 1. The molecular formula is C79H100Cl2N9O23PS. The minimum absolute atomic E-state index is 0.0346. The van der Waals surface area contributed by atoms with Crippen LogP contribution in [0.25, 0.3) is 21.5 Å². The molecule has 5 unspecified atom stereocenters. The number of likely N-dealkylation sites (N-methyl/N-ethyl adjacent to an activating group) is 2. The van der Waals surface area contributed by atoms with Crippen LogP contribution in [0.1, 0.15) is 109 Å². The van der Waals surface area contributed by atoms with E-state index in [1.807, 2.05) is 18.4 Å². The molecule has 4 heterocycles. The van der Waals surface area contributed by atoms with Gasteiger partial charge in [0.25, 0.3) is 11.8 Å². The summed E-state index contributed by atoms with van der Waals surface area (Å²) in [4.78, 5) is 160. The molecule has 0 saturated carbocycles. The number of primary amides is 1. The van der Waals surface area contributed by atoms with Gasteiger partial charge in [0.15, 0.2) is 17.3 Å². The van der Waals surface area contributed by atoms with E-state index >= 15 is 0 Å². The van der Waals surface area contributed by atoms with E-state index in [1.54, 1.807) is 94.4 Å². The molecule has 1 saturated heterocycles. The lowest BCUT2D eigenvalue weighted by molar-refractivity contribution is -0.139. The molecule has 36 heteroatoms. The maximum atomic E-state index is 14.7. The number of phosphoric acid groups is 1. The highest BCUT2D eigenvalue weighted by Gasteiger charge is 2.41. The maximum absolute atomic E-state index is 14.7. The number of ether oxygens (including phenoxy) is 8. The number of phosphoric ester groups is 1. The van der Waals surface area contributed by atoms with Crippen LogP contribution in [0, 0.1) is 11.8 Å². The molecule has 1 aromatic heterocycles. The van der Waals surface area contributed by atoms with E-state index in [1.165, 1.54) is 54.5 Å². The zero-order valence-electron chi connectivity index (χ0n) is 64.9. The predicted octanol–water partition coefficient (Wildman–Crippen LogP) is 9.59. The van der Waals surface area contributed by atoms with Gasteiger partial charge in [-0.1, -0.05) is 74.5 Å². The molecule has 1 fully saturated rings. The van der Waals surface area contributed by atoms with E-state index in [2.05, 4.69) is 16.0 Å². The number of ketones is 1. The summed E-state index contributed by atoms with van der Waals surface area (Å²) in [6, 6.07) is 24.7. The number of anilines is 3. The standard InChI is InChI=1S/C79H100Cl2N9O23PS/c1-6-86(26-27-87(7-2)79(100)112-65-42-60-70(58-16-10-8-14-56(58)65)53(45-80)47-89(60)74(95)63-22-23-64(111-63)75(96)90-48-54(46-81)71-59-17-11-9-15-57(59)66(43-61(71)90)113-114(101,102)103)78(99)110-49-51-18-20-55(21-19-51)84-73(94)52(13-12-25-83-77(82)98)41-62(91)72(50(3)4)85-68(92)24-29-104-31-33-106-35-37-108-39-40-109-38-36-107-34-32-105-30-28-88-69(93)44-67(115-5)76(88)97/h8-11,14-23,42-43,50,52-54,67,72H,6-7,12-13,24-41,44-49H2,1-5H3,(H,84,94)(H,85,92)(H3,82,83,98)(H2,101,102,103). The SMILES string of the molecule is CCN(CCN(CC)C(=O)Oc1cc2c(c3ccccc13)C(CCl)CN2C(=O)c1ccc(C(=O)N2CC(CCl)c3c2cc(OP(=O)(O)O)c2ccccc32)o1)C(=O)OCc1ccc(NC(=O)C(CCCNC(N)=O)CC(=O)C(NC(=O)CCOCCOCCOCCOCCOCCOCCN2C(=O)CC(SC)C2=O)C(C)C)cc1. The summed E-state index contributed by atoms with van der Waals surface area (Å²) in [5.41, 5.74) is 8.35. The number of carbonyl (C=O) groups is 10. The molecule has 3 aliphatic heterocycles. The van der Waals surface area contributed by atoms with Gasteiger partial charge in [0.2, 0.25) is 23.6 Å². The molecule has 32 nitrogen and oxygen atoms in total. The average molecular weight is 1680 g/mol. The Morgan fingerprint density at radius 3 is 1.65 bits per heavy atom. The van der Waals surface area contributed by atoms with Crippen LogP contribution < -0.4 is 40.7 Å². The van der Waals surface area contributed by atoms with Crippen molar-refractivity contribution in [2.75, 3.05) is 165 Å². The van der Waals surface area contributed by atoms with Gasteiger partial charge < -0.3 is 88.1 Å². The van der Waals surface area contributed by atoms with E-state index in [-0.39, 0.29) is 186 Å². The Balaban J connectivity index is 0.697. The number of nitrogens with zero attached hydrogens (tertiary/aromatic N) is 5. The first-order chi connectivity index (χ1) is 55.4. The molecule has 0 aliphatic carbocycles. The van der Waals surface area contributed by atoms with Crippen LogP contribution in [0.15, 0.2) is 101 Å². The Bertz CT molecular complexity index is 4420. The molecule has 5 aromatic carbocycles. The molecule has 0 spiro atoms. The quantitative estimate of drug-likeness (QED) is 0.00895. The third kappa shape index (κ3) is 25.0. The van der Waals surface area contributed by atoms with Gasteiger partial charge in [-0.3, -0.25) is 48.2 Å². The van der Waals surface area contributed by atoms with Gasteiger partial charge >= 0.3 is 26.0 Å². The van der Waals surface area contributed by atoms with Crippen molar-refractivity contribution in [2.24, 2.45) is 17.6 Å². The second-order valence-electron chi connectivity index (χ2n) is 27.6. The second kappa shape index (κ2) is 44.4. The first-order valence-corrected chi connectivity index (χ1v) is 41.9. The van der Waals surface area contributed by atoms with Gasteiger partial charge in [-0.25, -0.2) is 18.9 Å². The average Bonchev–Trinajstić information content (AvgIpc) is 1.61. The lowest BCUT2D eigenvalue weighted by Gasteiger charge is -2.26. The molecule has 0 radical (unpaired) electrons. The molecule has 624 valence electrons. The van der Waals surface area contributed by atoms with Crippen molar-refractivity contribution >= 4 is 141 Å². The Labute approximate surface area is 680 Å². The van der Waals surface area contributed by atoms with Crippen LogP contribution in [0.2, 0.25) is 0 Å². The summed E-state index contributed by atoms with van der Waals surface area (Å²) in [6.45, 7) is 11.5. The van der Waals surface area contributed by atoms with Crippen molar-refractivity contribution in [3.05, 3.63) is 125 Å². The Morgan fingerprint density at radius 2 is 1.17 bits per heavy atom. The van der Waals surface area contributed by atoms with E-state index in [0.717, 1.165) is 5.56 Å². The van der Waals surface area contributed by atoms with E-state index in [9.17, 15) is 62.3 Å². The fourth-order valence-electron chi connectivity index (χ4n) is 13.6. The smallest absolute Gasteiger partial charge is 0.446 e. The molecule has 7 N–H and O–H groups in total. The van der Waals surface area contributed by atoms with Crippen molar-refractivity contribution in [1.82, 2.24) is 25.3 Å². The number of thioether (sulfide) groups is 1. The number of imide groups is 1. The van der Waals surface area contributed by atoms with Crippen LogP contribution >= 0.6 is 42.8 Å². The number of nitrogens with one attached hydrogen (secondary N) is 3. The summed E-state index contributed by atoms with van der Waals surface area (Å²) < 4.78 is 68.3. The first-order valence-electron chi connectivity index (χ1n) is 38.1. The van der Waals surface area contributed by atoms with E-state index in [4.69, 9.17) is 75.8 Å². The van der Waals surface area contributed by atoms with E-state index < -0.39 is 61.6 Å². The zero-order chi connectivity index (χ0) is 82.7.